The van der Waals surface area contributed by atoms with Gasteiger partial charge in [-0.15, -0.1) is 0 Å². The van der Waals surface area contributed by atoms with Gasteiger partial charge in [0, 0.05) is 11.8 Å². The molecular weight excluding hydrogens is 308 g/mol. The molecule has 22 heavy (non-hydrogen) atoms. The lowest BCUT2D eigenvalue weighted by Gasteiger charge is -2.25. The summed E-state index contributed by atoms with van der Waals surface area (Å²) in [6, 6.07) is 3.29. The standard InChI is InChI=1S/C15H22O6S/c1-5-18-12-9-11(15(3)20-7-8-21-15)10-13(19-6-2)14(12)22(4,16)17/h9-10H,5-8H2,1-4H3. The normalized spacial score (nSPS) is 17.5. The predicted octanol–water partition coefficient (Wildman–Crippen LogP) is 2.11. The zero-order valence-electron chi connectivity index (χ0n) is 13.3. The van der Waals surface area contributed by atoms with Crippen molar-refractivity contribution >= 4 is 9.84 Å². The van der Waals surface area contributed by atoms with Crippen LogP contribution < -0.4 is 9.47 Å². The Labute approximate surface area is 131 Å². The minimum atomic E-state index is -3.50. The molecule has 0 unspecified atom stereocenters. The summed E-state index contributed by atoms with van der Waals surface area (Å²) in [5.74, 6) is -0.411. The molecule has 0 N–H and O–H groups in total. The minimum Gasteiger partial charge on any atom is -0.492 e. The molecule has 1 fully saturated rings. The first-order valence-electron chi connectivity index (χ1n) is 7.24. The van der Waals surface area contributed by atoms with Crippen molar-refractivity contribution in [2.75, 3.05) is 32.7 Å². The first-order chi connectivity index (χ1) is 10.3. The highest BCUT2D eigenvalue weighted by Crippen LogP contribution is 2.41. The third kappa shape index (κ3) is 3.37. The second-order valence-electron chi connectivity index (χ2n) is 5.08. The molecule has 0 amide bonds. The average molecular weight is 330 g/mol. The van der Waals surface area contributed by atoms with Gasteiger partial charge in [0.25, 0.3) is 0 Å². The molecule has 0 radical (unpaired) electrons. The van der Waals surface area contributed by atoms with Gasteiger partial charge in [-0.1, -0.05) is 0 Å². The molecule has 6 nitrogen and oxygen atoms in total. The van der Waals surface area contributed by atoms with Crippen LogP contribution in [0.5, 0.6) is 11.5 Å². The van der Waals surface area contributed by atoms with E-state index in [1.165, 1.54) is 0 Å². The Kier molecular flexibility index (Phi) is 4.99. The molecule has 1 aliphatic heterocycles. The van der Waals surface area contributed by atoms with Crippen molar-refractivity contribution in [3.63, 3.8) is 0 Å². The molecule has 0 bridgehead atoms. The lowest BCUT2D eigenvalue weighted by molar-refractivity contribution is -0.150. The summed E-state index contributed by atoms with van der Waals surface area (Å²) in [6.07, 6.45) is 1.14. The number of hydrogen-bond acceptors (Lipinski definition) is 6. The minimum absolute atomic E-state index is 0.0570. The fourth-order valence-corrected chi connectivity index (χ4v) is 3.38. The Morgan fingerprint density at radius 3 is 1.91 bits per heavy atom. The zero-order chi connectivity index (χ0) is 16.4. The molecule has 1 saturated heterocycles. The fourth-order valence-electron chi connectivity index (χ4n) is 2.41. The maximum atomic E-state index is 12.1. The molecular formula is C15H22O6S. The predicted molar refractivity (Wildman–Crippen MR) is 81.1 cm³/mol. The summed E-state index contributed by atoms with van der Waals surface area (Å²) in [4.78, 5) is 0.0570. The van der Waals surface area contributed by atoms with Crippen LogP contribution in [-0.2, 0) is 25.1 Å². The van der Waals surface area contributed by atoms with E-state index in [1.54, 1.807) is 32.9 Å². The Morgan fingerprint density at radius 2 is 1.55 bits per heavy atom. The van der Waals surface area contributed by atoms with Gasteiger partial charge in [-0.25, -0.2) is 8.42 Å². The van der Waals surface area contributed by atoms with Crippen LogP contribution in [0.25, 0.3) is 0 Å². The second kappa shape index (κ2) is 6.44. The number of rotatable bonds is 6. The van der Waals surface area contributed by atoms with E-state index in [9.17, 15) is 8.42 Å². The van der Waals surface area contributed by atoms with Gasteiger partial charge in [-0.3, -0.25) is 0 Å². The van der Waals surface area contributed by atoms with E-state index in [0.29, 0.717) is 32.0 Å². The highest BCUT2D eigenvalue weighted by Gasteiger charge is 2.36. The van der Waals surface area contributed by atoms with E-state index in [4.69, 9.17) is 18.9 Å². The van der Waals surface area contributed by atoms with Gasteiger partial charge in [-0.05, 0) is 32.9 Å². The third-order valence-corrected chi connectivity index (χ3v) is 4.50. The van der Waals surface area contributed by atoms with E-state index >= 15 is 0 Å². The zero-order valence-corrected chi connectivity index (χ0v) is 14.2. The van der Waals surface area contributed by atoms with Gasteiger partial charge in [0.15, 0.2) is 20.5 Å². The largest absolute Gasteiger partial charge is 0.492 e. The van der Waals surface area contributed by atoms with E-state index in [1.807, 2.05) is 0 Å². The maximum absolute atomic E-state index is 12.1. The van der Waals surface area contributed by atoms with Gasteiger partial charge < -0.3 is 18.9 Å². The molecule has 0 spiro atoms. The second-order valence-corrected chi connectivity index (χ2v) is 7.04. The Balaban J connectivity index is 2.64. The SMILES string of the molecule is CCOc1cc(C2(C)OCCO2)cc(OCC)c1S(C)(=O)=O. The van der Waals surface area contributed by atoms with Crippen LogP contribution >= 0.6 is 0 Å². The highest BCUT2D eigenvalue weighted by atomic mass is 32.2. The molecule has 1 aliphatic rings. The van der Waals surface area contributed by atoms with Crippen LogP contribution in [0, 0.1) is 0 Å². The topological polar surface area (TPSA) is 71.1 Å². The van der Waals surface area contributed by atoms with Crippen molar-refractivity contribution in [1.29, 1.82) is 0 Å². The Morgan fingerprint density at radius 1 is 1.09 bits per heavy atom. The van der Waals surface area contributed by atoms with Crippen LogP contribution in [-0.4, -0.2) is 41.1 Å². The molecule has 1 heterocycles. The molecule has 2 rings (SSSR count). The van der Waals surface area contributed by atoms with Gasteiger partial charge in [0.05, 0.1) is 26.4 Å². The van der Waals surface area contributed by atoms with E-state index in [0.717, 1.165) is 6.26 Å². The molecule has 0 atom stereocenters. The van der Waals surface area contributed by atoms with E-state index < -0.39 is 15.6 Å². The Bertz CT molecular complexity index is 604. The van der Waals surface area contributed by atoms with Crippen LogP contribution in [0.2, 0.25) is 0 Å². The molecule has 0 aliphatic carbocycles. The average Bonchev–Trinajstić information content (AvgIpc) is 2.86. The molecule has 0 saturated carbocycles. The third-order valence-electron chi connectivity index (χ3n) is 3.35. The molecule has 7 heteroatoms. The van der Waals surface area contributed by atoms with Crippen LogP contribution in [0.4, 0.5) is 0 Å². The number of hydrogen-bond donors (Lipinski definition) is 0. The van der Waals surface area contributed by atoms with Gasteiger partial charge in [-0.2, -0.15) is 0 Å². The van der Waals surface area contributed by atoms with E-state index in [-0.39, 0.29) is 16.4 Å². The number of ether oxygens (including phenoxy) is 4. The summed E-state index contributed by atoms with van der Waals surface area (Å²) in [5.41, 5.74) is 0.671. The summed E-state index contributed by atoms with van der Waals surface area (Å²) in [5, 5.41) is 0. The van der Waals surface area contributed by atoms with Crippen molar-refractivity contribution in [2.24, 2.45) is 0 Å². The van der Waals surface area contributed by atoms with Gasteiger partial charge in [0.2, 0.25) is 0 Å². The maximum Gasteiger partial charge on any atom is 0.192 e. The summed E-state index contributed by atoms with van der Waals surface area (Å²) < 4.78 is 46.6. The lowest BCUT2D eigenvalue weighted by atomic mass is 10.1. The monoisotopic (exact) mass is 330 g/mol. The van der Waals surface area contributed by atoms with Crippen molar-refractivity contribution in [1.82, 2.24) is 0 Å². The van der Waals surface area contributed by atoms with Crippen LogP contribution in [0.3, 0.4) is 0 Å². The van der Waals surface area contributed by atoms with Crippen molar-refractivity contribution in [3.05, 3.63) is 17.7 Å². The first-order valence-corrected chi connectivity index (χ1v) is 9.13. The van der Waals surface area contributed by atoms with Gasteiger partial charge in [0.1, 0.15) is 11.5 Å². The number of benzene rings is 1. The summed E-state index contributed by atoms with van der Waals surface area (Å²) >= 11 is 0. The van der Waals surface area contributed by atoms with Crippen LogP contribution in [0.15, 0.2) is 17.0 Å². The number of sulfone groups is 1. The molecule has 124 valence electrons. The lowest BCUT2D eigenvalue weighted by Crippen LogP contribution is -2.23. The fraction of sp³-hybridized carbons (Fsp3) is 0.600. The summed E-state index contributed by atoms with van der Waals surface area (Å²) in [6.45, 7) is 7.04. The quantitative estimate of drug-likeness (QED) is 0.795. The van der Waals surface area contributed by atoms with Crippen molar-refractivity contribution in [3.8, 4) is 11.5 Å². The summed E-state index contributed by atoms with van der Waals surface area (Å²) in [7, 11) is -3.50. The van der Waals surface area contributed by atoms with Gasteiger partial charge >= 0.3 is 0 Å². The first kappa shape index (κ1) is 17.1. The van der Waals surface area contributed by atoms with Crippen molar-refractivity contribution < 1.29 is 27.4 Å². The van der Waals surface area contributed by atoms with Crippen molar-refractivity contribution in [2.45, 2.75) is 31.5 Å². The Hall–Kier alpha value is -1.31. The molecule has 1 aromatic rings. The van der Waals surface area contributed by atoms with Crippen LogP contribution in [0.1, 0.15) is 26.3 Å². The highest BCUT2D eigenvalue weighted by molar-refractivity contribution is 7.91. The van der Waals surface area contributed by atoms with E-state index in [2.05, 4.69) is 0 Å². The smallest absolute Gasteiger partial charge is 0.192 e. The molecule has 0 aromatic heterocycles. The molecule has 1 aromatic carbocycles.